The summed E-state index contributed by atoms with van der Waals surface area (Å²) in [6.45, 7) is 9.45. The zero-order valence-electron chi connectivity index (χ0n) is 15.2. The van der Waals surface area contributed by atoms with Crippen molar-refractivity contribution in [3.8, 4) is 0 Å². The number of benzene rings is 2. The SMILES string of the molecule is Cc1cccc(C(=O)N(NC(=O)c2cccc(Br)c2C)C(C)(C)C)c1. The summed E-state index contributed by atoms with van der Waals surface area (Å²) in [5.74, 6) is -0.549. The van der Waals surface area contributed by atoms with E-state index in [1.807, 2.05) is 58.9 Å². The number of carbonyl (C=O) groups is 2. The van der Waals surface area contributed by atoms with Crippen molar-refractivity contribution in [1.82, 2.24) is 10.4 Å². The summed E-state index contributed by atoms with van der Waals surface area (Å²) >= 11 is 3.43. The molecule has 0 aliphatic rings. The highest BCUT2D eigenvalue weighted by atomic mass is 79.9. The second-order valence-corrected chi connectivity index (χ2v) is 7.89. The van der Waals surface area contributed by atoms with Crippen LogP contribution in [0.15, 0.2) is 46.9 Å². The topological polar surface area (TPSA) is 49.4 Å². The number of hydrogen-bond donors (Lipinski definition) is 1. The summed E-state index contributed by atoms with van der Waals surface area (Å²) in [6.07, 6.45) is 0. The van der Waals surface area contributed by atoms with Crippen molar-refractivity contribution in [3.05, 3.63) is 69.2 Å². The first-order chi connectivity index (χ1) is 11.6. The number of nitrogens with zero attached hydrogens (tertiary/aromatic N) is 1. The minimum absolute atomic E-state index is 0.239. The average molecular weight is 403 g/mol. The molecule has 0 heterocycles. The number of aryl methyl sites for hydroxylation is 1. The molecule has 0 fully saturated rings. The summed E-state index contributed by atoms with van der Waals surface area (Å²) in [4.78, 5) is 25.7. The van der Waals surface area contributed by atoms with Crippen LogP contribution in [0.4, 0.5) is 0 Å². The van der Waals surface area contributed by atoms with E-state index in [1.165, 1.54) is 5.01 Å². The lowest BCUT2D eigenvalue weighted by Crippen LogP contribution is -2.56. The van der Waals surface area contributed by atoms with Gasteiger partial charge in [-0.2, -0.15) is 0 Å². The van der Waals surface area contributed by atoms with Gasteiger partial charge in [-0.3, -0.25) is 15.0 Å². The first-order valence-corrected chi connectivity index (χ1v) is 8.88. The Kier molecular flexibility index (Phi) is 5.68. The van der Waals surface area contributed by atoms with Crippen LogP contribution in [0.2, 0.25) is 0 Å². The minimum atomic E-state index is -0.573. The second kappa shape index (κ2) is 7.40. The highest BCUT2D eigenvalue weighted by Crippen LogP contribution is 2.21. The van der Waals surface area contributed by atoms with Gasteiger partial charge in [0, 0.05) is 15.6 Å². The van der Waals surface area contributed by atoms with E-state index < -0.39 is 5.54 Å². The Labute approximate surface area is 157 Å². The highest BCUT2D eigenvalue weighted by Gasteiger charge is 2.30. The summed E-state index contributed by atoms with van der Waals surface area (Å²) in [5, 5.41) is 1.39. The lowest BCUT2D eigenvalue weighted by molar-refractivity contribution is 0.0358. The third-order valence-corrected chi connectivity index (χ3v) is 4.72. The molecule has 25 heavy (non-hydrogen) atoms. The van der Waals surface area contributed by atoms with Crippen LogP contribution in [0.1, 0.15) is 52.6 Å². The van der Waals surface area contributed by atoms with Gasteiger partial charge in [0.15, 0.2) is 0 Å². The predicted octanol–water partition coefficient (Wildman–Crippen LogP) is 4.65. The zero-order chi connectivity index (χ0) is 18.8. The smallest absolute Gasteiger partial charge is 0.267 e. The van der Waals surface area contributed by atoms with Crippen LogP contribution >= 0.6 is 15.9 Å². The van der Waals surface area contributed by atoms with Gasteiger partial charge in [0.1, 0.15) is 0 Å². The van der Waals surface area contributed by atoms with Crippen molar-refractivity contribution in [2.75, 3.05) is 0 Å². The van der Waals surface area contributed by atoms with E-state index in [-0.39, 0.29) is 11.8 Å². The van der Waals surface area contributed by atoms with Gasteiger partial charge >= 0.3 is 0 Å². The van der Waals surface area contributed by atoms with Gasteiger partial charge in [0.2, 0.25) is 0 Å². The highest BCUT2D eigenvalue weighted by molar-refractivity contribution is 9.10. The molecule has 2 aromatic carbocycles. The minimum Gasteiger partial charge on any atom is -0.267 e. The first-order valence-electron chi connectivity index (χ1n) is 8.08. The van der Waals surface area contributed by atoms with Crippen LogP contribution in [-0.2, 0) is 0 Å². The number of rotatable bonds is 2. The molecular formula is C20H23BrN2O2. The summed E-state index contributed by atoms with van der Waals surface area (Å²) < 4.78 is 0.854. The number of nitrogens with one attached hydrogen (secondary N) is 1. The van der Waals surface area contributed by atoms with Crippen LogP contribution in [-0.4, -0.2) is 22.4 Å². The summed E-state index contributed by atoms with van der Waals surface area (Å²) in [6, 6.07) is 12.8. The Morgan fingerprint density at radius 3 is 2.28 bits per heavy atom. The predicted molar refractivity (Wildman–Crippen MR) is 103 cm³/mol. The molecule has 5 heteroatoms. The fourth-order valence-electron chi connectivity index (χ4n) is 2.45. The van der Waals surface area contributed by atoms with Crippen LogP contribution < -0.4 is 5.43 Å². The average Bonchev–Trinajstić information content (AvgIpc) is 2.53. The van der Waals surface area contributed by atoms with Gasteiger partial charge in [-0.25, -0.2) is 5.01 Å². The Morgan fingerprint density at radius 1 is 1.04 bits per heavy atom. The Bertz CT molecular complexity index is 810. The van der Waals surface area contributed by atoms with E-state index in [0.29, 0.717) is 11.1 Å². The maximum absolute atomic E-state index is 13.0. The first kappa shape index (κ1) is 19.2. The molecule has 0 atom stereocenters. The second-order valence-electron chi connectivity index (χ2n) is 7.03. The maximum atomic E-state index is 13.0. The normalized spacial score (nSPS) is 11.1. The molecule has 0 bridgehead atoms. The lowest BCUT2D eigenvalue weighted by atomic mass is 10.0. The number of hydrazine groups is 1. The molecular weight excluding hydrogens is 380 g/mol. The van der Waals surface area contributed by atoms with Gasteiger partial charge in [0.25, 0.3) is 11.8 Å². The van der Waals surface area contributed by atoms with Crippen LogP contribution in [0.5, 0.6) is 0 Å². The van der Waals surface area contributed by atoms with Crippen molar-refractivity contribution >= 4 is 27.7 Å². The molecule has 0 saturated carbocycles. The molecule has 0 saturated heterocycles. The van der Waals surface area contributed by atoms with Crippen LogP contribution in [0.25, 0.3) is 0 Å². The van der Waals surface area contributed by atoms with Crippen molar-refractivity contribution < 1.29 is 9.59 Å². The summed E-state index contributed by atoms with van der Waals surface area (Å²) in [5.41, 5.74) is 5.11. The fraction of sp³-hybridized carbons (Fsp3) is 0.300. The van der Waals surface area contributed by atoms with Crippen LogP contribution in [0.3, 0.4) is 0 Å². The fourth-order valence-corrected chi connectivity index (χ4v) is 2.81. The molecule has 0 aliphatic heterocycles. The van der Waals surface area contributed by atoms with E-state index in [9.17, 15) is 9.59 Å². The third-order valence-electron chi connectivity index (χ3n) is 3.86. The van der Waals surface area contributed by atoms with Crippen molar-refractivity contribution in [2.24, 2.45) is 0 Å². The molecule has 2 amide bonds. The lowest BCUT2D eigenvalue weighted by Gasteiger charge is -2.35. The standard InChI is InChI=1S/C20H23BrN2O2/c1-13-8-6-9-15(12-13)19(25)23(20(3,4)5)22-18(24)16-10-7-11-17(21)14(16)2/h6-12H,1-5H3,(H,22,24). The Hall–Kier alpha value is -2.14. The van der Waals surface area contributed by atoms with Gasteiger partial charge in [-0.05, 0) is 64.4 Å². The van der Waals surface area contributed by atoms with Crippen molar-refractivity contribution in [1.29, 1.82) is 0 Å². The van der Waals surface area contributed by atoms with Gasteiger partial charge in [-0.1, -0.05) is 39.7 Å². The number of amides is 2. The largest absolute Gasteiger partial charge is 0.272 e. The van der Waals surface area contributed by atoms with E-state index in [1.54, 1.807) is 18.2 Å². The van der Waals surface area contributed by atoms with Crippen molar-refractivity contribution in [3.63, 3.8) is 0 Å². The van der Waals surface area contributed by atoms with E-state index in [4.69, 9.17) is 0 Å². The molecule has 0 unspecified atom stereocenters. The van der Waals surface area contributed by atoms with E-state index in [0.717, 1.165) is 15.6 Å². The molecule has 1 N–H and O–H groups in total. The van der Waals surface area contributed by atoms with Gasteiger partial charge in [-0.15, -0.1) is 0 Å². The molecule has 2 aromatic rings. The molecule has 0 aliphatic carbocycles. The molecule has 2 rings (SSSR count). The van der Waals surface area contributed by atoms with Gasteiger partial charge < -0.3 is 0 Å². The molecule has 0 radical (unpaired) electrons. The van der Waals surface area contributed by atoms with E-state index in [2.05, 4.69) is 21.4 Å². The number of halogens is 1. The monoisotopic (exact) mass is 402 g/mol. The summed E-state index contributed by atoms with van der Waals surface area (Å²) in [7, 11) is 0. The molecule has 4 nitrogen and oxygen atoms in total. The van der Waals surface area contributed by atoms with Gasteiger partial charge in [0.05, 0.1) is 5.54 Å². The number of carbonyl (C=O) groups excluding carboxylic acids is 2. The van der Waals surface area contributed by atoms with Crippen LogP contribution in [0, 0.1) is 13.8 Å². The quantitative estimate of drug-likeness (QED) is 0.742. The maximum Gasteiger partial charge on any atom is 0.272 e. The molecule has 0 aromatic heterocycles. The Balaban J connectivity index is 2.34. The van der Waals surface area contributed by atoms with Crippen molar-refractivity contribution in [2.45, 2.75) is 40.2 Å². The molecule has 132 valence electrons. The van der Waals surface area contributed by atoms with E-state index >= 15 is 0 Å². The molecule has 0 spiro atoms. The third kappa shape index (κ3) is 4.48. The Morgan fingerprint density at radius 2 is 1.68 bits per heavy atom. The zero-order valence-corrected chi connectivity index (χ0v) is 16.8. The number of hydrogen-bond acceptors (Lipinski definition) is 2.